The van der Waals surface area contributed by atoms with Gasteiger partial charge in [-0.25, -0.2) is 4.98 Å². The van der Waals surface area contributed by atoms with Crippen LogP contribution in [-0.2, 0) is 18.0 Å². The van der Waals surface area contributed by atoms with Crippen LogP contribution in [0.4, 0.5) is 5.69 Å². The van der Waals surface area contributed by atoms with Crippen molar-refractivity contribution in [2.24, 2.45) is 0 Å². The minimum atomic E-state index is -2.39. The normalized spacial score (nSPS) is 19.8. The van der Waals surface area contributed by atoms with Gasteiger partial charge in [0.15, 0.2) is 0 Å². The molecule has 3 unspecified atom stereocenters. The van der Waals surface area contributed by atoms with Crippen molar-refractivity contribution in [1.82, 2.24) is 4.98 Å². The average Bonchev–Trinajstić information content (AvgIpc) is 2.97. The topological polar surface area (TPSA) is 85.1 Å². The van der Waals surface area contributed by atoms with E-state index in [2.05, 4.69) is 136 Å². The highest BCUT2D eigenvalue weighted by molar-refractivity contribution is 6.78. The highest BCUT2D eigenvalue weighted by Gasteiger charge is 2.55. The van der Waals surface area contributed by atoms with Gasteiger partial charge in [-0.1, -0.05) is 125 Å². The fourth-order valence-corrected chi connectivity index (χ4v) is 26.6. The summed E-state index contributed by atoms with van der Waals surface area (Å²) in [5.74, 6) is 1.16. The maximum atomic E-state index is 7.81. The number of methoxy groups -OCH3 is 1. The van der Waals surface area contributed by atoms with Crippen molar-refractivity contribution in [3.63, 3.8) is 0 Å². The van der Waals surface area contributed by atoms with Gasteiger partial charge in [0, 0.05) is 18.0 Å². The molecule has 3 atom stereocenters. The Morgan fingerprint density at radius 3 is 1.43 bits per heavy atom. The zero-order valence-corrected chi connectivity index (χ0v) is 37.9. The van der Waals surface area contributed by atoms with Crippen LogP contribution < -0.4 is 10.5 Å². The van der Waals surface area contributed by atoms with Gasteiger partial charge < -0.3 is 28.5 Å². The monoisotopic (exact) mass is 737 g/mol. The lowest BCUT2D eigenvalue weighted by Crippen LogP contribution is -2.61. The summed E-state index contributed by atoms with van der Waals surface area (Å²) >= 11 is 0. The average molecular weight is 737 g/mol. The molecule has 49 heavy (non-hydrogen) atoms. The summed E-state index contributed by atoms with van der Waals surface area (Å²) in [6.07, 6.45) is 2.86. The third-order valence-corrected chi connectivity index (χ3v) is 30.2. The summed E-state index contributed by atoms with van der Waals surface area (Å²) in [7, 11) is -5.41. The Balaban J connectivity index is 2.98. The molecule has 0 aliphatic carbocycles. The van der Waals surface area contributed by atoms with Crippen molar-refractivity contribution in [2.45, 2.75) is 193 Å². The van der Waals surface area contributed by atoms with Crippen molar-refractivity contribution in [2.75, 3.05) is 19.5 Å². The van der Waals surface area contributed by atoms with Crippen molar-refractivity contribution < 1.29 is 22.8 Å². The van der Waals surface area contributed by atoms with E-state index in [-0.39, 0.29) is 12.2 Å². The molecule has 0 saturated carbocycles. The summed E-state index contributed by atoms with van der Waals surface area (Å²) in [4.78, 5) is 4.54. The number of pyridine rings is 1. The molecule has 2 heterocycles. The van der Waals surface area contributed by atoms with Crippen LogP contribution in [0.2, 0.25) is 49.9 Å². The smallest absolute Gasteiger partial charge is 0.215 e. The number of nitrogens with two attached hydrogens (primary N) is 1. The van der Waals surface area contributed by atoms with Crippen LogP contribution in [0.5, 0.6) is 5.88 Å². The summed E-state index contributed by atoms with van der Waals surface area (Å²) in [5.41, 5.74) is 11.7. The van der Waals surface area contributed by atoms with Gasteiger partial charge in [-0.15, -0.1) is 0 Å². The maximum absolute atomic E-state index is 7.81. The number of rotatable bonds is 18. The van der Waals surface area contributed by atoms with Crippen molar-refractivity contribution >= 4 is 36.4 Å². The van der Waals surface area contributed by atoms with E-state index in [1.807, 2.05) is 0 Å². The number of nitrogen functional groups attached to an aromatic ring is 1. The zero-order valence-electron chi connectivity index (χ0n) is 34.9. The Hall–Kier alpha value is -1.18. The first kappa shape index (κ1) is 44.0. The first-order chi connectivity index (χ1) is 22.6. The first-order valence-corrected chi connectivity index (χ1v) is 25.7. The van der Waals surface area contributed by atoms with Gasteiger partial charge in [0.1, 0.15) is 18.0 Å². The molecule has 0 bridgehead atoms. The Labute approximate surface area is 305 Å². The molecule has 1 aromatic rings. The molecule has 1 aliphatic heterocycles. The number of nitrogens with zero attached hydrogens (tertiary/aromatic N) is 1. The van der Waals surface area contributed by atoms with Crippen LogP contribution in [0.3, 0.4) is 0 Å². The van der Waals surface area contributed by atoms with Crippen LogP contribution in [0, 0.1) is 0 Å². The van der Waals surface area contributed by atoms with Crippen molar-refractivity contribution in [3.05, 3.63) is 23.9 Å². The third-order valence-electron chi connectivity index (χ3n) is 12.0. The largest absolute Gasteiger partial charge is 0.485 e. The molecule has 0 aromatic carbocycles. The second-order valence-electron chi connectivity index (χ2n) is 17.4. The number of hydrogen-bond acceptors (Lipinski definition) is 7. The van der Waals surface area contributed by atoms with Gasteiger partial charge in [-0.2, -0.15) is 0 Å². The van der Waals surface area contributed by atoms with E-state index < -0.39 is 31.1 Å². The second kappa shape index (κ2) is 17.6. The molecule has 0 fully saturated rings. The van der Waals surface area contributed by atoms with E-state index >= 15 is 0 Å². The maximum Gasteiger partial charge on any atom is 0.215 e. The van der Waals surface area contributed by atoms with E-state index in [9.17, 15) is 0 Å². The molecule has 7 nitrogen and oxygen atoms in total. The van der Waals surface area contributed by atoms with Crippen molar-refractivity contribution in [3.8, 4) is 5.88 Å². The first-order valence-electron chi connectivity index (χ1n) is 19.2. The highest BCUT2D eigenvalue weighted by atomic mass is 28.4. The van der Waals surface area contributed by atoms with Crippen LogP contribution >= 0.6 is 0 Å². The Morgan fingerprint density at radius 1 is 0.653 bits per heavy atom. The van der Waals surface area contributed by atoms with Gasteiger partial charge in [-0.05, 0) is 55.9 Å². The molecule has 284 valence electrons. The predicted octanol–water partition coefficient (Wildman–Crippen LogP) is 11.7. The quantitative estimate of drug-likeness (QED) is 0.150. The highest BCUT2D eigenvalue weighted by Crippen LogP contribution is 2.49. The standard InChI is InChI=1S/C39H76N2O5Si3/c1-24(2)47(25(3)4,26(5)6)43-23-37-39(46-49(30(13)14,31(15)16)32(17)18)36(45-48(27(7)8,28(9)10)29(11)12)21-35(44-37)33-22-41-38(42-19)20-34(33)40/h20-22,24-32,36-37,39H,23H2,1-19H3,(H2,40,41). The number of anilines is 1. The molecular weight excluding hydrogens is 661 g/mol. The van der Waals surface area contributed by atoms with Gasteiger partial charge in [-0.3, -0.25) is 0 Å². The Morgan fingerprint density at radius 2 is 1.06 bits per heavy atom. The lowest BCUT2D eigenvalue weighted by Gasteiger charge is -2.52. The predicted molar refractivity (Wildman–Crippen MR) is 217 cm³/mol. The molecule has 1 aliphatic rings. The summed E-state index contributed by atoms with van der Waals surface area (Å²) in [6, 6.07) is 1.77. The minimum absolute atomic E-state index is 0.337. The fraction of sp³-hybridized carbons (Fsp3) is 0.821. The second-order valence-corrected chi connectivity index (χ2v) is 33.7. The lowest BCUT2D eigenvalue weighted by molar-refractivity contribution is -0.0619. The molecule has 0 saturated heterocycles. The Kier molecular flexibility index (Phi) is 15.8. The Bertz CT molecular complexity index is 1150. The van der Waals surface area contributed by atoms with Gasteiger partial charge in [0.05, 0.1) is 25.4 Å². The summed E-state index contributed by atoms with van der Waals surface area (Å²) in [6.45, 7) is 42.7. The van der Waals surface area contributed by atoms with Crippen LogP contribution in [0.15, 0.2) is 18.3 Å². The van der Waals surface area contributed by atoms with Crippen LogP contribution in [0.25, 0.3) is 5.76 Å². The zero-order chi connectivity index (χ0) is 37.8. The molecule has 0 radical (unpaired) electrons. The molecule has 0 spiro atoms. The SMILES string of the molecule is COc1cc(N)c(C2=CC(O[Si](C(C)C)(C(C)C)C(C)C)C(O[Si](C(C)C)(C(C)C)C(C)C)C(CO[Si](C(C)C)(C(C)C)C(C)C)O2)cn1. The van der Waals surface area contributed by atoms with Gasteiger partial charge >= 0.3 is 0 Å². The summed E-state index contributed by atoms with van der Waals surface area (Å²) in [5, 5.41) is 0. The number of aromatic nitrogens is 1. The molecule has 2 rings (SSSR count). The molecule has 2 N–H and O–H groups in total. The van der Waals surface area contributed by atoms with E-state index in [0.29, 0.717) is 73.8 Å². The molecule has 0 amide bonds. The van der Waals surface area contributed by atoms with E-state index in [4.69, 9.17) is 28.5 Å². The lowest BCUT2D eigenvalue weighted by atomic mass is 10.0. The van der Waals surface area contributed by atoms with Gasteiger partial charge in [0.2, 0.25) is 30.8 Å². The summed E-state index contributed by atoms with van der Waals surface area (Å²) < 4.78 is 35.4. The number of ether oxygens (including phenoxy) is 2. The minimum Gasteiger partial charge on any atom is -0.485 e. The third kappa shape index (κ3) is 8.73. The molecular formula is C39H76N2O5Si3. The van der Waals surface area contributed by atoms with E-state index in [1.165, 1.54) is 0 Å². The molecule has 1 aromatic heterocycles. The fourth-order valence-electron chi connectivity index (χ4n) is 10.0. The number of hydrogen-bond donors (Lipinski definition) is 1. The van der Waals surface area contributed by atoms with Crippen LogP contribution in [-0.4, -0.2) is 62.0 Å². The van der Waals surface area contributed by atoms with Crippen LogP contribution in [0.1, 0.15) is 130 Å². The van der Waals surface area contributed by atoms with E-state index in [1.54, 1.807) is 19.4 Å². The van der Waals surface area contributed by atoms with Gasteiger partial charge in [0.25, 0.3) is 0 Å². The van der Waals surface area contributed by atoms with E-state index in [0.717, 1.165) is 5.56 Å². The van der Waals surface area contributed by atoms with Crippen molar-refractivity contribution in [1.29, 1.82) is 0 Å². The molecule has 10 heteroatoms.